The number of hydrogen-bond donors (Lipinski definition) is 1. The molecule has 1 heterocycles. The normalized spacial score (nSPS) is 17.9. The first-order valence-electron chi connectivity index (χ1n) is 6.26. The Labute approximate surface area is 111 Å². The summed E-state index contributed by atoms with van der Waals surface area (Å²) in [4.78, 5) is 12.9. The number of ether oxygens (including phenoxy) is 1. The number of likely N-dealkylation sites (N-methyl/N-ethyl adjacent to an activating group) is 1. The molecule has 3 rings (SSSR count). The maximum Gasteiger partial charge on any atom is 0.305 e. The molecule has 1 aliphatic rings. The number of aliphatic carboxylic acids is 1. The predicted octanol–water partition coefficient (Wildman–Crippen LogP) is 2.51. The van der Waals surface area contributed by atoms with Gasteiger partial charge < -0.3 is 14.7 Å². The third kappa shape index (κ3) is 1.99. The largest absolute Gasteiger partial charge is 0.489 e. The number of rotatable bonds is 2. The molecule has 2 aromatic rings. The molecule has 1 atom stereocenters. The molecular weight excluding hydrogens is 242 g/mol. The molecule has 0 saturated carbocycles. The van der Waals surface area contributed by atoms with E-state index in [1.54, 1.807) is 0 Å². The number of benzene rings is 2. The van der Waals surface area contributed by atoms with Crippen LogP contribution in [-0.2, 0) is 4.79 Å². The zero-order valence-electron chi connectivity index (χ0n) is 10.7. The molecule has 1 aliphatic heterocycles. The summed E-state index contributed by atoms with van der Waals surface area (Å²) in [6.07, 6.45) is 0.0825. The number of nitrogens with zero attached hydrogens (tertiary/aromatic N) is 1. The van der Waals surface area contributed by atoms with Crippen molar-refractivity contribution in [2.75, 3.05) is 18.6 Å². The van der Waals surface area contributed by atoms with E-state index >= 15 is 0 Å². The maximum absolute atomic E-state index is 10.9. The number of anilines is 1. The lowest BCUT2D eigenvalue weighted by Crippen LogP contribution is -2.41. The van der Waals surface area contributed by atoms with E-state index in [2.05, 4.69) is 0 Å². The highest BCUT2D eigenvalue weighted by Gasteiger charge is 2.27. The molecule has 0 saturated heterocycles. The predicted molar refractivity (Wildman–Crippen MR) is 73.9 cm³/mol. The van der Waals surface area contributed by atoms with Gasteiger partial charge in [0.2, 0.25) is 0 Å². The van der Waals surface area contributed by atoms with E-state index in [1.807, 2.05) is 48.3 Å². The Balaban J connectivity index is 2.10. The van der Waals surface area contributed by atoms with Gasteiger partial charge >= 0.3 is 5.97 Å². The third-order valence-electron chi connectivity index (χ3n) is 3.61. The molecule has 0 radical (unpaired) electrons. The van der Waals surface area contributed by atoms with E-state index in [4.69, 9.17) is 9.84 Å². The molecule has 0 bridgehead atoms. The fraction of sp³-hybridized carbons (Fsp3) is 0.267. The SMILES string of the molecule is CN1c2c(ccc3ccccc23)OCC1CC(=O)O. The number of fused-ring (bicyclic) bond motifs is 3. The molecule has 4 heteroatoms. The topological polar surface area (TPSA) is 49.8 Å². The van der Waals surface area contributed by atoms with Gasteiger partial charge in [0.05, 0.1) is 18.2 Å². The van der Waals surface area contributed by atoms with E-state index in [0.717, 1.165) is 22.2 Å². The molecule has 0 spiro atoms. The summed E-state index contributed by atoms with van der Waals surface area (Å²) < 4.78 is 5.71. The Morgan fingerprint density at radius 2 is 2.16 bits per heavy atom. The first-order chi connectivity index (χ1) is 9.16. The maximum atomic E-state index is 10.9. The van der Waals surface area contributed by atoms with Crippen LogP contribution < -0.4 is 9.64 Å². The van der Waals surface area contributed by atoms with Crippen molar-refractivity contribution >= 4 is 22.4 Å². The van der Waals surface area contributed by atoms with Crippen LogP contribution in [0.25, 0.3) is 10.8 Å². The second-order valence-corrected chi connectivity index (χ2v) is 4.81. The summed E-state index contributed by atoms with van der Waals surface area (Å²) in [5, 5.41) is 11.2. The monoisotopic (exact) mass is 257 g/mol. The summed E-state index contributed by atoms with van der Waals surface area (Å²) in [6.45, 7) is 0.411. The number of carboxylic acids is 1. The van der Waals surface area contributed by atoms with Gasteiger partial charge in [-0.2, -0.15) is 0 Å². The standard InChI is InChI=1S/C15H15NO3/c1-16-11(8-14(17)18)9-19-13-7-6-10-4-2-3-5-12(10)15(13)16/h2-7,11H,8-9H2,1H3,(H,17,18). The van der Waals surface area contributed by atoms with E-state index in [-0.39, 0.29) is 12.5 Å². The van der Waals surface area contributed by atoms with Crippen LogP contribution in [0.3, 0.4) is 0 Å². The molecule has 1 N–H and O–H groups in total. The molecule has 98 valence electrons. The number of carbonyl (C=O) groups is 1. The molecule has 0 aliphatic carbocycles. The summed E-state index contributed by atoms with van der Waals surface area (Å²) >= 11 is 0. The highest BCUT2D eigenvalue weighted by atomic mass is 16.5. The molecule has 1 unspecified atom stereocenters. The van der Waals surface area contributed by atoms with Crippen LogP contribution in [0.1, 0.15) is 6.42 Å². The van der Waals surface area contributed by atoms with E-state index in [9.17, 15) is 4.79 Å². The minimum Gasteiger partial charge on any atom is -0.489 e. The Hall–Kier alpha value is -2.23. The van der Waals surface area contributed by atoms with Crippen LogP contribution in [0.4, 0.5) is 5.69 Å². The summed E-state index contributed by atoms with van der Waals surface area (Å²) in [7, 11) is 1.93. The van der Waals surface area contributed by atoms with Crippen molar-refractivity contribution in [1.82, 2.24) is 0 Å². The van der Waals surface area contributed by atoms with Gasteiger partial charge in [-0.05, 0) is 11.5 Å². The van der Waals surface area contributed by atoms with Crippen molar-refractivity contribution in [3.8, 4) is 5.75 Å². The molecule has 19 heavy (non-hydrogen) atoms. The van der Waals surface area contributed by atoms with Gasteiger partial charge in [0.25, 0.3) is 0 Å². The van der Waals surface area contributed by atoms with Gasteiger partial charge in [0.1, 0.15) is 12.4 Å². The number of hydrogen-bond acceptors (Lipinski definition) is 3. The summed E-state index contributed by atoms with van der Waals surface area (Å²) in [5.41, 5.74) is 0.982. The van der Waals surface area contributed by atoms with Crippen molar-refractivity contribution < 1.29 is 14.6 Å². The van der Waals surface area contributed by atoms with Crippen LogP contribution in [-0.4, -0.2) is 30.8 Å². The van der Waals surface area contributed by atoms with Gasteiger partial charge in [0.15, 0.2) is 0 Å². The highest BCUT2D eigenvalue weighted by Crippen LogP contribution is 2.39. The zero-order valence-corrected chi connectivity index (χ0v) is 10.7. The first-order valence-corrected chi connectivity index (χ1v) is 6.26. The fourth-order valence-electron chi connectivity index (χ4n) is 2.59. The van der Waals surface area contributed by atoms with Crippen molar-refractivity contribution in [3.05, 3.63) is 36.4 Å². The Bertz CT molecular complexity index is 638. The lowest BCUT2D eigenvalue weighted by Gasteiger charge is -2.36. The van der Waals surface area contributed by atoms with Crippen LogP contribution in [0.5, 0.6) is 5.75 Å². The first kappa shape index (κ1) is 11.8. The molecule has 0 fully saturated rings. The Morgan fingerprint density at radius 1 is 1.37 bits per heavy atom. The quantitative estimate of drug-likeness (QED) is 0.898. The van der Waals surface area contributed by atoms with Gasteiger partial charge in [-0.3, -0.25) is 4.79 Å². The minimum absolute atomic E-state index is 0.0825. The third-order valence-corrected chi connectivity index (χ3v) is 3.61. The lowest BCUT2D eigenvalue weighted by atomic mass is 10.0. The van der Waals surface area contributed by atoms with Crippen molar-refractivity contribution in [2.45, 2.75) is 12.5 Å². The molecule has 0 amide bonds. The van der Waals surface area contributed by atoms with E-state index < -0.39 is 5.97 Å². The highest BCUT2D eigenvalue weighted by molar-refractivity contribution is 5.98. The lowest BCUT2D eigenvalue weighted by molar-refractivity contribution is -0.137. The summed E-state index contributed by atoms with van der Waals surface area (Å²) in [6, 6.07) is 11.9. The minimum atomic E-state index is -0.802. The Kier molecular flexibility index (Phi) is 2.78. The average molecular weight is 257 g/mol. The van der Waals surface area contributed by atoms with E-state index in [0.29, 0.717) is 6.61 Å². The molecule has 2 aromatic carbocycles. The van der Waals surface area contributed by atoms with E-state index in [1.165, 1.54) is 0 Å². The van der Waals surface area contributed by atoms with Crippen molar-refractivity contribution in [1.29, 1.82) is 0 Å². The van der Waals surface area contributed by atoms with Crippen LogP contribution in [0.2, 0.25) is 0 Å². The fourth-order valence-corrected chi connectivity index (χ4v) is 2.59. The van der Waals surface area contributed by atoms with Crippen LogP contribution in [0.15, 0.2) is 36.4 Å². The molecular formula is C15H15NO3. The second kappa shape index (κ2) is 4.46. The van der Waals surface area contributed by atoms with Crippen molar-refractivity contribution in [2.24, 2.45) is 0 Å². The molecule has 0 aromatic heterocycles. The number of carboxylic acid groups (broad SMARTS) is 1. The van der Waals surface area contributed by atoms with Gasteiger partial charge in [0, 0.05) is 12.4 Å². The van der Waals surface area contributed by atoms with Gasteiger partial charge in [-0.15, -0.1) is 0 Å². The summed E-state index contributed by atoms with van der Waals surface area (Å²) in [5.74, 6) is 0.0203. The van der Waals surface area contributed by atoms with Gasteiger partial charge in [-0.25, -0.2) is 0 Å². The van der Waals surface area contributed by atoms with Crippen LogP contribution >= 0.6 is 0 Å². The second-order valence-electron chi connectivity index (χ2n) is 4.81. The average Bonchev–Trinajstić information content (AvgIpc) is 2.41. The Morgan fingerprint density at radius 3 is 2.95 bits per heavy atom. The van der Waals surface area contributed by atoms with Crippen molar-refractivity contribution in [3.63, 3.8) is 0 Å². The zero-order chi connectivity index (χ0) is 13.4. The van der Waals surface area contributed by atoms with Gasteiger partial charge in [-0.1, -0.05) is 30.3 Å². The smallest absolute Gasteiger partial charge is 0.305 e. The molecule has 4 nitrogen and oxygen atoms in total. The van der Waals surface area contributed by atoms with Crippen LogP contribution in [0, 0.1) is 0 Å².